The second-order valence-corrected chi connectivity index (χ2v) is 5.96. The van der Waals surface area contributed by atoms with Gasteiger partial charge >= 0.3 is 0 Å². The van der Waals surface area contributed by atoms with E-state index in [2.05, 4.69) is 10.2 Å². The fourth-order valence-corrected chi connectivity index (χ4v) is 2.95. The lowest BCUT2D eigenvalue weighted by Crippen LogP contribution is -2.37. The van der Waals surface area contributed by atoms with Crippen LogP contribution in [0.4, 0.5) is 5.69 Å². The van der Waals surface area contributed by atoms with Gasteiger partial charge in [-0.3, -0.25) is 9.69 Å². The van der Waals surface area contributed by atoms with Crippen molar-refractivity contribution in [2.24, 2.45) is 0 Å². The van der Waals surface area contributed by atoms with E-state index >= 15 is 0 Å². The first-order chi connectivity index (χ1) is 9.84. The van der Waals surface area contributed by atoms with Crippen molar-refractivity contribution in [3.63, 3.8) is 0 Å². The molecule has 0 unspecified atom stereocenters. The van der Waals surface area contributed by atoms with Crippen LogP contribution >= 0.6 is 11.8 Å². The molecule has 0 aliphatic carbocycles. The molecule has 0 saturated carbocycles. The first kappa shape index (κ1) is 15.4. The Balaban J connectivity index is 1.51. The molecule has 4 nitrogen and oxygen atoms in total. The lowest BCUT2D eigenvalue weighted by molar-refractivity contribution is -0.115. The fourth-order valence-electron chi connectivity index (χ4n) is 2.03. The molecule has 0 bridgehead atoms. The molecule has 2 rings (SSSR count). The lowest BCUT2D eigenvalue weighted by Gasteiger charge is -2.26. The molecule has 1 fully saturated rings. The van der Waals surface area contributed by atoms with E-state index in [0.717, 1.165) is 50.0 Å². The number of rotatable bonds is 7. The lowest BCUT2D eigenvalue weighted by atomic mass is 10.3. The zero-order chi connectivity index (χ0) is 14.0. The normalized spacial score (nSPS) is 16.0. The van der Waals surface area contributed by atoms with Gasteiger partial charge in [0.2, 0.25) is 5.91 Å². The van der Waals surface area contributed by atoms with Gasteiger partial charge < -0.3 is 10.1 Å². The van der Waals surface area contributed by atoms with Crippen LogP contribution in [0.2, 0.25) is 0 Å². The number of morpholine rings is 1. The Morgan fingerprint density at radius 3 is 2.70 bits per heavy atom. The first-order valence-corrected chi connectivity index (χ1v) is 8.23. The summed E-state index contributed by atoms with van der Waals surface area (Å²) in [6.45, 7) is 4.87. The summed E-state index contributed by atoms with van der Waals surface area (Å²) >= 11 is 1.84. The first-order valence-electron chi connectivity index (χ1n) is 7.07. The molecule has 110 valence electrons. The predicted molar refractivity (Wildman–Crippen MR) is 84.3 cm³/mol. The molecule has 0 radical (unpaired) electrons. The van der Waals surface area contributed by atoms with Crippen LogP contribution in [-0.4, -0.2) is 55.2 Å². The van der Waals surface area contributed by atoms with E-state index in [9.17, 15) is 4.79 Å². The van der Waals surface area contributed by atoms with Gasteiger partial charge in [-0.25, -0.2) is 0 Å². The third kappa shape index (κ3) is 5.94. The fraction of sp³-hybridized carbons (Fsp3) is 0.533. The van der Waals surface area contributed by atoms with Crippen LogP contribution in [0, 0.1) is 0 Å². The number of anilines is 1. The average Bonchev–Trinajstić information content (AvgIpc) is 2.49. The number of nitrogens with zero attached hydrogens (tertiary/aromatic N) is 1. The van der Waals surface area contributed by atoms with E-state index in [1.807, 2.05) is 42.1 Å². The van der Waals surface area contributed by atoms with Crippen molar-refractivity contribution in [1.29, 1.82) is 0 Å². The molecule has 1 aromatic carbocycles. The summed E-state index contributed by atoms with van der Waals surface area (Å²) in [5.74, 6) is 2.05. The molecular formula is C15H22N2O2S. The Morgan fingerprint density at radius 2 is 1.95 bits per heavy atom. The summed E-state index contributed by atoms with van der Waals surface area (Å²) in [6, 6.07) is 9.60. The molecule has 1 aromatic rings. The highest BCUT2D eigenvalue weighted by atomic mass is 32.2. The van der Waals surface area contributed by atoms with E-state index in [-0.39, 0.29) is 5.91 Å². The summed E-state index contributed by atoms with van der Waals surface area (Å²) in [7, 11) is 0. The molecule has 1 N–H and O–H groups in total. The van der Waals surface area contributed by atoms with Crippen LogP contribution in [0.5, 0.6) is 0 Å². The van der Waals surface area contributed by atoms with Crippen molar-refractivity contribution < 1.29 is 9.53 Å². The molecule has 0 aromatic heterocycles. The summed E-state index contributed by atoms with van der Waals surface area (Å²) in [4.78, 5) is 14.1. The van der Waals surface area contributed by atoms with Gasteiger partial charge in [-0.15, -0.1) is 0 Å². The minimum atomic E-state index is 0.0927. The summed E-state index contributed by atoms with van der Waals surface area (Å²) < 4.78 is 5.31. The van der Waals surface area contributed by atoms with Crippen molar-refractivity contribution in [1.82, 2.24) is 4.90 Å². The topological polar surface area (TPSA) is 41.6 Å². The van der Waals surface area contributed by atoms with Crippen molar-refractivity contribution in [2.75, 3.05) is 49.7 Å². The number of amides is 1. The number of ether oxygens (including phenoxy) is 1. The molecular weight excluding hydrogens is 272 g/mol. The van der Waals surface area contributed by atoms with Gasteiger partial charge in [0.25, 0.3) is 0 Å². The van der Waals surface area contributed by atoms with Gasteiger partial charge in [0.1, 0.15) is 0 Å². The van der Waals surface area contributed by atoms with Crippen LogP contribution in [0.25, 0.3) is 0 Å². The Morgan fingerprint density at radius 1 is 1.20 bits per heavy atom. The van der Waals surface area contributed by atoms with Gasteiger partial charge in [0.05, 0.1) is 13.2 Å². The zero-order valence-electron chi connectivity index (χ0n) is 11.7. The zero-order valence-corrected chi connectivity index (χ0v) is 12.5. The Bertz CT molecular complexity index is 394. The number of para-hydroxylation sites is 1. The van der Waals surface area contributed by atoms with Gasteiger partial charge in [0, 0.05) is 43.2 Å². The maximum Gasteiger partial charge on any atom is 0.225 e. The largest absolute Gasteiger partial charge is 0.379 e. The molecule has 0 atom stereocenters. The van der Waals surface area contributed by atoms with Crippen LogP contribution in [0.1, 0.15) is 6.42 Å². The van der Waals surface area contributed by atoms with Gasteiger partial charge in [-0.2, -0.15) is 11.8 Å². The number of carbonyl (C=O) groups is 1. The summed E-state index contributed by atoms with van der Waals surface area (Å²) in [5, 5.41) is 2.90. The highest BCUT2D eigenvalue weighted by molar-refractivity contribution is 7.99. The number of thioether (sulfide) groups is 1. The van der Waals surface area contributed by atoms with Crippen LogP contribution in [0.3, 0.4) is 0 Å². The highest BCUT2D eigenvalue weighted by Gasteiger charge is 2.09. The Hall–Kier alpha value is -1.04. The summed E-state index contributed by atoms with van der Waals surface area (Å²) in [5.41, 5.74) is 0.871. The van der Waals surface area contributed by atoms with Gasteiger partial charge in [-0.05, 0) is 12.1 Å². The van der Waals surface area contributed by atoms with Gasteiger partial charge in [-0.1, -0.05) is 18.2 Å². The number of hydrogen-bond donors (Lipinski definition) is 1. The number of nitrogens with one attached hydrogen (secondary N) is 1. The van der Waals surface area contributed by atoms with E-state index in [1.165, 1.54) is 0 Å². The SMILES string of the molecule is O=C(CCSCCN1CCOCC1)Nc1ccccc1. The maximum absolute atomic E-state index is 11.7. The standard InChI is InChI=1S/C15H22N2O2S/c18-15(16-14-4-2-1-3-5-14)6-12-20-13-9-17-7-10-19-11-8-17/h1-5H,6-13H2,(H,16,18). The van der Waals surface area contributed by atoms with Crippen molar-refractivity contribution in [3.8, 4) is 0 Å². The molecule has 1 heterocycles. The predicted octanol–water partition coefficient (Wildman–Crippen LogP) is 2.08. The second-order valence-electron chi connectivity index (χ2n) is 4.73. The maximum atomic E-state index is 11.7. The van der Waals surface area contributed by atoms with Crippen molar-refractivity contribution in [2.45, 2.75) is 6.42 Å². The Labute approximate surface area is 124 Å². The second kappa shape index (κ2) is 9.00. The molecule has 1 aliphatic heterocycles. The smallest absolute Gasteiger partial charge is 0.225 e. The monoisotopic (exact) mass is 294 g/mol. The van der Waals surface area contributed by atoms with E-state index < -0.39 is 0 Å². The number of carbonyl (C=O) groups excluding carboxylic acids is 1. The quantitative estimate of drug-likeness (QED) is 0.782. The third-order valence-electron chi connectivity index (χ3n) is 3.19. The molecule has 5 heteroatoms. The molecule has 1 aliphatic rings. The highest BCUT2D eigenvalue weighted by Crippen LogP contribution is 2.08. The average molecular weight is 294 g/mol. The van der Waals surface area contributed by atoms with Gasteiger partial charge in [0.15, 0.2) is 0 Å². The molecule has 1 saturated heterocycles. The molecule has 1 amide bonds. The minimum Gasteiger partial charge on any atom is -0.379 e. The van der Waals surface area contributed by atoms with E-state index in [0.29, 0.717) is 6.42 Å². The number of hydrogen-bond acceptors (Lipinski definition) is 4. The van der Waals surface area contributed by atoms with Crippen molar-refractivity contribution in [3.05, 3.63) is 30.3 Å². The van der Waals surface area contributed by atoms with Crippen molar-refractivity contribution >= 4 is 23.4 Å². The van der Waals surface area contributed by atoms with Crippen LogP contribution in [0.15, 0.2) is 30.3 Å². The van der Waals surface area contributed by atoms with E-state index in [4.69, 9.17) is 4.74 Å². The third-order valence-corrected chi connectivity index (χ3v) is 4.15. The molecule has 20 heavy (non-hydrogen) atoms. The Kier molecular flexibility index (Phi) is 6.91. The number of benzene rings is 1. The van der Waals surface area contributed by atoms with E-state index in [1.54, 1.807) is 0 Å². The minimum absolute atomic E-state index is 0.0927. The summed E-state index contributed by atoms with van der Waals surface area (Å²) in [6.07, 6.45) is 0.572. The van der Waals surface area contributed by atoms with Crippen LogP contribution in [-0.2, 0) is 9.53 Å². The van der Waals surface area contributed by atoms with Crippen LogP contribution < -0.4 is 5.32 Å². The molecule has 0 spiro atoms.